The van der Waals surface area contributed by atoms with Crippen molar-refractivity contribution in [1.82, 2.24) is 9.99 Å². The Morgan fingerprint density at radius 2 is 2.08 bits per heavy atom. The minimum atomic E-state index is -0.211. The van der Waals surface area contributed by atoms with Crippen molar-refractivity contribution >= 4 is 17.8 Å². The summed E-state index contributed by atoms with van der Waals surface area (Å²) in [5.74, 6) is 0.528. The first-order valence-electron chi connectivity index (χ1n) is 8.30. The highest BCUT2D eigenvalue weighted by Gasteiger charge is 2.09. The highest BCUT2D eigenvalue weighted by atomic mass is 16.5. The van der Waals surface area contributed by atoms with Gasteiger partial charge >= 0.3 is 0 Å². The third-order valence-corrected chi connectivity index (χ3v) is 3.96. The lowest BCUT2D eigenvalue weighted by molar-refractivity contribution is -0.119. The second-order valence-corrected chi connectivity index (χ2v) is 6.17. The van der Waals surface area contributed by atoms with Gasteiger partial charge in [-0.3, -0.25) is 4.79 Å². The number of hydrogen-bond donors (Lipinski definition) is 2. The summed E-state index contributed by atoms with van der Waals surface area (Å²) in [6, 6.07) is 9.88. The fourth-order valence-corrected chi connectivity index (χ4v) is 2.86. The molecule has 134 valence electrons. The number of carbonyl (C=O) groups is 1. The van der Waals surface area contributed by atoms with Crippen LogP contribution in [-0.2, 0) is 4.79 Å². The van der Waals surface area contributed by atoms with Crippen LogP contribution in [-0.4, -0.2) is 30.3 Å². The number of amides is 1. The van der Waals surface area contributed by atoms with Gasteiger partial charge in [-0.15, -0.1) is 0 Å². The number of carbonyl (C=O) groups excluding carboxylic acids is 1. The van der Waals surface area contributed by atoms with Crippen LogP contribution in [0.2, 0.25) is 0 Å². The van der Waals surface area contributed by atoms with Gasteiger partial charge < -0.3 is 14.6 Å². The molecular formula is C19H26N4O2. The van der Waals surface area contributed by atoms with E-state index in [0.29, 0.717) is 6.04 Å². The quantitative estimate of drug-likeness (QED) is 0.599. The molecule has 2 rings (SSSR count). The number of methoxy groups -OCH3 is 1. The van der Waals surface area contributed by atoms with Crippen LogP contribution in [0.5, 0.6) is 5.75 Å². The SMILES string of the molecule is COc1cccc(NCC(=O)N/N=C\c2cc(C)n(C(C)C)c2C)c1. The van der Waals surface area contributed by atoms with Gasteiger partial charge in [0.05, 0.1) is 19.9 Å². The molecule has 0 fully saturated rings. The minimum Gasteiger partial charge on any atom is -0.497 e. The monoisotopic (exact) mass is 342 g/mol. The Bertz CT molecular complexity index is 763. The number of hydrogen-bond acceptors (Lipinski definition) is 4. The Kier molecular flexibility index (Phi) is 6.22. The van der Waals surface area contributed by atoms with Crippen molar-refractivity contribution in [3.63, 3.8) is 0 Å². The van der Waals surface area contributed by atoms with Crippen molar-refractivity contribution in [3.05, 3.63) is 47.3 Å². The van der Waals surface area contributed by atoms with E-state index >= 15 is 0 Å². The average molecular weight is 342 g/mol. The molecule has 25 heavy (non-hydrogen) atoms. The molecule has 2 aromatic rings. The van der Waals surface area contributed by atoms with E-state index < -0.39 is 0 Å². The summed E-state index contributed by atoms with van der Waals surface area (Å²) in [7, 11) is 1.61. The van der Waals surface area contributed by atoms with E-state index in [1.54, 1.807) is 13.3 Å². The van der Waals surface area contributed by atoms with Crippen molar-refractivity contribution < 1.29 is 9.53 Å². The molecule has 0 saturated carbocycles. The molecule has 1 aromatic carbocycles. The summed E-state index contributed by atoms with van der Waals surface area (Å²) in [5, 5.41) is 7.10. The fourth-order valence-electron chi connectivity index (χ4n) is 2.86. The number of aryl methyl sites for hydroxylation is 1. The summed E-state index contributed by atoms with van der Waals surface area (Å²) < 4.78 is 7.39. The molecule has 1 heterocycles. The van der Waals surface area contributed by atoms with Crippen LogP contribution >= 0.6 is 0 Å². The third kappa shape index (κ3) is 4.86. The van der Waals surface area contributed by atoms with Crippen LogP contribution in [0.4, 0.5) is 5.69 Å². The van der Waals surface area contributed by atoms with Gasteiger partial charge in [-0.25, -0.2) is 5.43 Å². The molecule has 0 bridgehead atoms. The molecule has 1 amide bonds. The molecule has 0 aliphatic heterocycles. The highest BCUT2D eigenvalue weighted by Crippen LogP contribution is 2.18. The lowest BCUT2D eigenvalue weighted by Crippen LogP contribution is -2.25. The van der Waals surface area contributed by atoms with Crippen LogP contribution in [0.15, 0.2) is 35.4 Å². The lowest BCUT2D eigenvalue weighted by Gasteiger charge is -2.13. The molecule has 6 heteroatoms. The smallest absolute Gasteiger partial charge is 0.259 e. The van der Waals surface area contributed by atoms with Crippen LogP contribution in [0.25, 0.3) is 0 Å². The number of nitrogens with one attached hydrogen (secondary N) is 2. The number of nitrogens with zero attached hydrogens (tertiary/aromatic N) is 2. The molecule has 0 atom stereocenters. The zero-order chi connectivity index (χ0) is 18.4. The van der Waals surface area contributed by atoms with Gasteiger partial charge in [0, 0.05) is 34.7 Å². The first-order valence-corrected chi connectivity index (χ1v) is 8.30. The fraction of sp³-hybridized carbons (Fsp3) is 0.368. The molecule has 1 aromatic heterocycles. The topological polar surface area (TPSA) is 67.7 Å². The predicted octanol–water partition coefficient (Wildman–Crippen LogP) is 3.26. The number of anilines is 1. The summed E-state index contributed by atoms with van der Waals surface area (Å²) in [5.41, 5.74) is 6.69. The standard InChI is InChI=1S/C19H26N4O2/c1-13(2)23-14(3)9-16(15(23)4)11-21-22-19(24)12-20-17-7-6-8-18(10-17)25-5/h6-11,13,20H,12H2,1-5H3,(H,22,24)/b21-11-. The first kappa shape index (κ1) is 18.6. The Morgan fingerprint density at radius 1 is 1.32 bits per heavy atom. The molecule has 0 radical (unpaired) electrons. The number of rotatable bonds is 7. The van der Waals surface area contributed by atoms with Crippen LogP contribution in [0.1, 0.15) is 36.8 Å². The largest absolute Gasteiger partial charge is 0.497 e. The Morgan fingerprint density at radius 3 is 2.72 bits per heavy atom. The lowest BCUT2D eigenvalue weighted by atomic mass is 10.2. The second kappa shape index (κ2) is 8.37. The Hall–Kier alpha value is -2.76. The molecule has 6 nitrogen and oxygen atoms in total. The van der Waals surface area contributed by atoms with E-state index in [-0.39, 0.29) is 12.5 Å². The van der Waals surface area contributed by atoms with Crippen molar-refractivity contribution in [3.8, 4) is 5.75 Å². The van der Waals surface area contributed by atoms with Gasteiger partial charge in [-0.2, -0.15) is 5.10 Å². The molecular weight excluding hydrogens is 316 g/mol. The van der Waals surface area contributed by atoms with Crippen LogP contribution in [0, 0.1) is 13.8 Å². The van der Waals surface area contributed by atoms with Gasteiger partial charge in [-0.05, 0) is 45.9 Å². The van der Waals surface area contributed by atoms with Crippen molar-refractivity contribution in [1.29, 1.82) is 0 Å². The van der Waals surface area contributed by atoms with E-state index in [1.807, 2.05) is 24.3 Å². The van der Waals surface area contributed by atoms with Gasteiger partial charge in [0.25, 0.3) is 5.91 Å². The van der Waals surface area contributed by atoms with E-state index in [0.717, 1.165) is 22.7 Å². The third-order valence-electron chi connectivity index (χ3n) is 3.96. The summed E-state index contributed by atoms with van der Waals surface area (Å²) in [6.45, 7) is 8.55. The maximum absolute atomic E-state index is 11.9. The summed E-state index contributed by atoms with van der Waals surface area (Å²) in [4.78, 5) is 11.9. The van der Waals surface area contributed by atoms with E-state index in [4.69, 9.17) is 4.74 Å². The first-order chi connectivity index (χ1) is 11.9. The molecule has 0 unspecified atom stereocenters. The van der Waals surface area contributed by atoms with E-state index in [1.165, 1.54) is 5.69 Å². The number of benzene rings is 1. The van der Waals surface area contributed by atoms with Gasteiger partial charge in [0.1, 0.15) is 5.75 Å². The summed E-state index contributed by atoms with van der Waals surface area (Å²) >= 11 is 0. The van der Waals surface area contributed by atoms with Crippen molar-refractivity contribution in [2.45, 2.75) is 33.7 Å². The van der Waals surface area contributed by atoms with Crippen molar-refractivity contribution in [2.24, 2.45) is 5.10 Å². The Balaban J connectivity index is 1.89. The van der Waals surface area contributed by atoms with Crippen LogP contribution < -0.4 is 15.5 Å². The van der Waals surface area contributed by atoms with Crippen molar-refractivity contribution in [2.75, 3.05) is 19.0 Å². The second-order valence-electron chi connectivity index (χ2n) is 6.17. The molecule has 0 spiro atoms. The molecule has 0 aliphatic carbocycles. The normalized spacial score (nSPS) is 11.1. The van der Waals surface area contributed by atoms with Crippen LogP contribution in [0.3, 0.4) is 0 Å². The minimum absolute atomic E-state index is 0.134. The number of ether oxygens (including phenoxy) is 1. The average Bonchev–Trinajstić information content (AvgIpc) is 2.87. The number of hydrazone groups is 1. The molecule has 0 aliphatic rings. The highest BCUT2D eigenvalue weighted by molar-refractivity contribution is 5.85. The molecule has 0 saturated heterocycles. The predicted molar refractivity (Wildman–Crippen MR) is 102 cm³/mol. The van der Waals surface area contributed by atoms with Gasteiger partial charge in [0.2, 0.25) is 0 Å². The van der Waals surface area contributed by atoms with E-state index in [9.17, 15) is 4.79 Å². The van der Waals surface area contributed by atoms with E-state index in [2.05, 4.69) is 54.2 Å². The van der Waals surface area contributed by atoms with Gasteiger partial charge in [-0.1, -0.05) is 6.07 Å². The zero-order valence-corrected chi connectivity index (χ0v) is 15.5. The summed E-state index contributed by atoms with van der Waals surface area (Å²) in [6.07, 6.45) is 1.69. The number of aromatic nitrogens is 1. The maximum atomic E-state index is 11.9. The zero-order valence-electron chi connectivity index (χ0n) is 15.5. The Labute approximate surface area is 148 Å². The maximum Gasteiger partial charge on any atom is 0.259 e. The molecule has 2 N–H and O–H groups in total. The van der Waals surface area contributed by atoms with Gasteiger partial charge in [0.15, 0.2) is 0 Å².